The van der Waals surface area contributed by atoms with E-state index in [1.165, 1.54) is 12.2 Å². The molecule has 1 unspecified atom stereocenters. The SMILES string of the molecule is C=CC(N)CSCCC. The summed E-state index contributed by atoms with van der Waals surface area (Å²) in [5, 5.41) is 0. The molecular formula is C7H15NS. The third-order valence-corrected chi connectivity index (χ3v) is 2.28. The number of rotatable bonds is 5. The Balaban J connectivity index is 2.96. The summed E-state index contributed by atoms with van der Waals surface area (Å²) in [6.45, 7) is 5.77. The average molecular weight is 145 g/mol. The molecule has 0 amide bonds. The summed E-state index contributed by atoms with van der Waals surface area (Å²) in [5.41, 5.74) is 5.57. The van der Waals surface area contributed by atoms with E-state index in [4.69, 9.17) is 5.73 Å². The lowest BCUT2D eigenvalue weighted by Gasteiger charge is -2.02. The second-order valence-corrected chi connectivity index (χ2v) is 3.12. The summed E-state index contributed by atoms with van der Waals surface area (Å²) < 4.78 is 0. The van der Waals surface area contributed by atoms with Crippen LogP contribution in [0.4, 0.5) is 0 Å². The summed E-state index contributed by atoms with van der Waals surface area (Å²) in [7, 11) is 0. The number of hydrogen-bond acceptors (Lipinski definition) is 2. The third kappa shape index (κ3) is 5.93. The van der Waals surface area contributed by atoms with Crippen molar-refractivity contribution in [1.29, 1.82) is 0 Å². The molecule has 0 aliphatic heterocycles. The molecule has 0 aromatic heterocycles. The van der Waals surface area contributed by atoms with Crippen molar-refractivity contribution in [2.45, 2.75) is 19.4 Å². The maximum absolute atomic E-state index is 5.57. The lowest BCUT2D eigenvalue weighted by Crippen LogP contribution is -2.19. The van der Waals surface area contributed by atoms with E-state index in [2.05, 4.69) is 13.5 Å². The van der Waals surface area contributed by atoms with Crippen LogP contribution in [-0.2, 0) is 0 Å². The minimum Gasteiger partial charge on any atom is -0.324 e. The van der Waals surface area contributed by atoms with Crippen LogP contribution in [0.3, 0.4) is 0 Å². The Kier molecular flexibility index (Phi) is 6.21. The molecule has 54 valence electrons. The molecule has 0 radical (unpaired) electrons. The minimum atomic E-state index is 0.182. The van der Waals surface area contributed by atoms with Gasteiger partial charge in [0.05, 0.1) is 0 Å². The molecule has 0 saturated heterocycles. The van der Waals surface area contributed by atoms with Crippen LogP contribution >= 0.6 is 11.8 Å². The Morgan fingerprint density at radius 2 is 2.44 bits per heavy atom. The van der Waals surface area contributed by atoms with E-state index in [1.54, 1.807) is 6.08 Å². The lowest BCUT2D eigenvalue weighted by atomic mass is 10.4. The molecule has 0 aliphatic carbocycles. The summed E-state index contributed by atoms with van der Waals surface area (Å²) in [5.74, 6) is 2.22. The zero-order valence-electron chi connectivity index (χ0n) is 5.97. The topological polar surface area (TPSA) is 26.0 Å². The molecule has 9 heavy (non-hydrogen) atoms. The fourth-order valence-corrected chi connectivity index (χ4v) is 1.30. The average Bonchev–Trinajstić information content (AvgIpc) is 1.89. The van der Waals surface area contributed by atoms with Crippen molar-refractivity contribution < 1.29 is 0 Å². The fraction of sp³-hybridized carbons (Fsp3) is 0.714. The first kappa shape index (κ1) is 9.05. The van der Waals surface area contributed by atoms with Crippen molar-refractivity contribution in [3.63, 3.8) is 0 Å². The molecule has 0 rings (SSSR count). The highest BCUT2D eigenvalue weighted by atomic mass is 32.2. The highest BCUT2D eigenvalue weighted by Crippen LogP contribution is 2.02. The molecule has 2 N–H and O–H groups in total. The van der Waals surface area contributed by atoms with Gasteiger partial charge in [-0.05, 0) is 12.2 Å². The number of thioether (sulfide) groups is 1. The van der Waals surface area contributed by atoms with Crippen molar-refractivity contribution in [3.8, 4) is 0 Å². The van der Waals surface area contributed by atoms with Gasteiger partial charge in [0, 0.05) is 11.8 Å². The van der Waals surface area contributed by atoms with Gasteiger partial charge in [-0.25, -0.2) is 0 Å². The van der Waals surface area contributed by atoms with Crippen LogP contribution in [0.2, 0.25) is 0 Å². The van der Waals surface area contributed by atoms with Gasteiger partial charge in [-0.1, -0.05) is 13.0 Å². The first-order chi connectivity index (χ1) is 4.31. The van der Waals surface area contributed by atoms with Crippen LogP contribution in [0.1, 0.15) is 13.3 Å². The van der Waals surface area contributed by atoms with Crippen LogP contribution in [0.15, 0.2) is 12.7 Å². The molecule has 0 saturated carbocycles. The van der Waals surface area contributed by atoms with Crippen molar-refractivity contribution in [1.82, 2.24) is 0 Å². The molecule has 0 aliphatic rings. The summed E-state index contributed by atoms with van der Waals surface area (Å²) >= 11 is 1.89. The summed E-state index contributed by atoms with van der Waals surface area (Å²) in [6.07, 6.45) is 3.02. The smallest absolute Gasteiger partial charge is 0.0313 e. The summed E-state index contributed by atoms with van der Waals surface area (Å²) in [4.78, 5) is 0. The van der Waals surface area contributed by atoms with Crippen LogP contribution in [0.25, 0.3) is 0 Å². The Morgan fingerprint density at radius 1 is 1.78 bits per heavy atom. The first-order valence-electron chi connectivity index (χ1n) is 3.27. The zero-order chi connectivity index (χ0) is 7.11. The largest absolute Gasteiger partial charge is 0.324 e. The Bertz CT molecular complexity index is 73.3. The molecule has 0 heterocycles. The van der Waals surface area contributed by atoms with Gasteiger partial charge in [0.25, 0.3) is 0 Å². The van der Waals surface area contributed by atoms with Gasteiger partial charge in [0.15, 0.2) is 0 Å². The van der Waals surface area contributed by atoms with Crippen molar-refractivity contribution >= 4 is 11.8 Å². The quantitative estimate of drug-likeness (QED) is 0.470. The van der Waals surface area contributed by atoms with Crippen molar-refractivity contribution in [2.75, 3.05) is 11.5 Å². The van der Waals surface area contributed by atoms with E-state index < -0.39 is 0 Å². The normalized spacial score (nSPS) is 13.1. The van der Waals surface area contributed by atoms with Gasteiger partial charge < -0.3 is 5.73 Å². The van der Waals surface area contributed by atoms with Crippen LogP contribution in [-0.4, -0.2) is 17.5 Å². The maximum atomic E-state index is 5.57. The van der Waals surface area contributed by atoms with Gasteiger partial charge in [0.1, 0.15) is 0 Å². The molecule has 0 bridgehead atoms. The highest BCUT2D eigenvalue weighted by molar-refractivity contribution is 7.99. The van der Waals surface area contributed by atoms with Crippen LogP contribution < -0.4 is 5.73 Å². The predicted molar refractivity (Wildman–Crippen MR) is 45.8 cm³/mol. The zero-order valence-corrected chi connectivity index (χ0v) is 6.79. The molecular weight excluding hydrogens is 130 g/mol. The molecule has 0 aromatic rings. The molecule has 2 heteroatoms. The lowest BCUT2D eigenvalue weighted by molar-refractivity contribution is 0.940. The highest BCUT2D eigenvalue weighted by Gasteiger charge is 1.93. The van der Waals surface area contributed by atoms with E-state index in [-0.39, 0.29) is 6.04 Å². The van der Waals surface area contributed by atoms with E-state index in [0.29, 0.717) is 0 Å². The predicted octanol–water partition coefficient (Wildman–Crippen LogP) is 1.64. The molecule has 1 atom stereocenters. The molecule has 0 spiro atoms. The number of nitrogens with two attached hydrogens (primary N) is 1. The Hall–Kier alpha value is 0.0500. The van der Waals surface area contributed by atoms with E-state index >= 15 is 0 Å². The first-order valence-corrected chi connectivity index (χ1v) is 4.42. The Labute approximate surface area is 61.7 Å². The van der Waals surface area contributed by atoms with Gasteiger partial charge in [0.2, 0.25) is 0 Å². The van der Waals surface area contributed by atoms with Gasteiger partial charge >= 0.3 is 0 Å². The third-order valence-electron chi connectivity index (χ3n) is 0.962. The van der Waals surface area contributed by atoms with Gasteiger partial charge in [-0.2, -0.15) is 11.8 Å². The van der Waals surface area contributed by atoms with Crippen molar-refractivity contribution in [3.05, 3.63) is 12.7 Å². The van der Waals surface area contributed by atoms with E-state index in [1.807, 2.05) is 11.8 Å². The van der Waals surface area contributed by atoms with Gasteiger partial charge in [-0.3, -0.25) is 0 Å². The molecule has 1 nitrogen and oxygen atoms in total. The van der Waals surface area contributed by atoms with Gasteiger partial charge in [-0.15, -0.1) is 6.58 Å². The Morgan fingerprint density at radius 3 is 2.89 bits per heavy atom. The van der Waals surface area contributed by atoms with Crippen molar-refractivity contribution in [2.24, 2.45) is 5.73 Å². The van der Waals surface area contributed by atoms with Crippen LogP contribution in [0, 0.1) is 0 Å². The molecule has 0 aromatic carbocycles. The summed E-state index contributed by atoms with van der Waals surface area (Å²) in [6, 6.07) is 0.182. The maximum Gasteiger partial charge on any atom is 0.0313 e. The minimum absolute atomic E-state index is 0.182. The second-order valence-electron chi connectivity index (χ2n) is 1.97. The van der Waals surface area contributed by atoms with Crippen LogP contribution in [0.5, 0.6) is 0 Å². The number of hydrogen-bond donors (Lipinski definition) is 1. The van der Waals surface area contributed by atoms with E-state index in [0.717, 1.165) is 5.75 Å². The molecule has 0 fully saturated rings. The monoisotopic (exact) mass is 145 g/mol. The second kappa shape index (κ2) is 6.17. The fourth-order valence-electron chi connectivity index (χ4n) is 0.432. The van der Waals surface area contributed by atoms with E-state index in [9.17, 15) is 0 Å². The standard InChI is InChI=1S/C7H15NS/c1-3-5-9-6-7(8)4-2/h4,7H,2-3,5-6,8H2,1H3.